The van der Waals surface area contributed by atoms with E-state index in [1.54, 1.807) is 20.1 Å². The number of nitrogens with two attached hydrogens (primary N) is 1. The first kappa shape index (κ1) is 18.1. The van der Waals surface area contributed by atoms with Gasteiger partial charge in [0.1, 0.15) is 0 Å². The van der Waals surface area contributed by atoms with Crippen molar-refractivity contribution in [2.45, 2.75) is 24.7 Å². The van der Waals surface area contributed by atoms with Crippen molar-refractivity contribution < 1.29 is 17.9 Å². The van der Waals surface area contributed by atoms with Gasteiger partial charge in [0.2, 0.25) is 10.0 Å². The largest absolute Gasteiger partial charge is 0.385 e. The number of carbonyl (C=O) groups is 1. The lowest BCUT2D eigenvalue weighted by atomic mass is 10.1. The number of rotatable bonds is 7. The molecule has 0 bridgehead atoms. The molecule has 1 amide bonds. The van der Waals surface area contributed by atoms with E-state index in [1.165, 1.54) is 6.07 Å². The van der Waals surface area contributed by atoms with Crippen LogP contribution >= 0.6 is 15.9 Å². The molecule has 0 spiro atoms. The van der Waals surface area contributed by atoms with Crippen molar-refractivity contribution in [1.82, 2.24) is 5.32 Å². The standard InChI is InChI=1S/C13H19BrN2O4S/c1-9-11(14)7-10(8-12(9)21(15,18)19)13(17)16-5-3-4-6-20-2/h7-8H,3-6H2,1-2H3,(H,16,17)(H2,15,18,19). The maximum atomic E-state index is 12.0. The number of hydrogen-bond acceptors (Lipinski definition) is 4. The molecule has 0 aromatic heterocycles. The molecule has 0 fully saturated rings. The van der Waals surface area contributed by atoms with Crippen molar-refractivity contribution in [2.75, 3.05) is 20.3 Å². The molecule has 1 aromatic rings. The first-order chi connectivity index (χ1) is 9.77. The zero-order valence-corrected chi connectivity index (χ0v) is 14.4. The molecule has 3 N–H and O–H groups in total. The molecule has 0 aliphatic carbocycles. The summed E-state index contributed by atoms with van der Waals surface area (Å²) in [5, 5.41) is 7.89. The molecule has 0 unspecified atom stereocenters. The van der Waals surface area contributed by atoms with Crippen LogP contribution in [0.15, 0.2) is 21.5 Å². The number of benzene rings is 1. The minimum atomic E-state index is -3.87. The van der Waals surface area contributed by atoms with Crippen molar-refractivity contribution in [3.05, 3.63) is 27.7 Å². The van der Waals surface area contributed by atoms with Gasteiger partial charge < -0.3 is 10.1 Å². The van der Waals surface area contributed by atoms with Crippen molar-refractivity contribution in [2.24, 2.45) is 5.14 Å². The molecule has 0 radical (unpaired) electrons. The Hall–Kier alpha value is -0.960. The SMILES string of the molecule is COCCCCNC(=O)c1cc(Br)c(C)c(S(N)(=O)=O)c1. The summed E-state index contributed by atoms with van der Waals surface area (Å²) in [6, 6.07) is 2.87. The number of nitrogens with one attached hydrogen (secondary N) is 1. The Kier molecular flexibility index (Phi) is 6.79. The van der Waals surface area contributed by atoms with E-state index in [0.29, 0.717) is 23.2 Å². The summed E-state index contributed by atoms with van der Waals surface area (Å²) in [5.74, 6) is -0.335. The lowest BCUT2D eigenvalue weighted by molar-refractivity contribution is 0.0951. The molecule has 1 aromatic carbocycles. The monoisotopic (exact) mass is 378 g/mol. The Morgan fingerprint density at radius 2 is 2.05 bits per heavy atom. The van der Waals surface area contributed by atoms with E-state index in [0.717, 1.165) is 12.8 Å². The summed E-state index contributed by atoms with van der Waals surface area (Å²) in [4.78, 5) is 12.0. The summed E-state index contributed by atoms with van der Waals surface area (Å²) >= 11 is 3.24. The average Bonchev–Trinajstić information content (AvgIpc) is 2.39. The summed E-state index contributed by atoms with van der Waals surface area (Å²) in [7, 11) is -2.25. The first-order valence-corrected chi connectivity index (χ1v) is 8.71. The van der Waals surface area contributed by atoms with Gasteiger partial charge in [0.25, 0.3) is 5.91 Å². The van der Waals surface area contributed by atoms with Crippen LogP contribution in [0.1, 0.15) is 28.8 Å². The number of halogens is 1. The third kappa shape index (κ3) is 5.39. The van der Waals surface area contributed by atoms with Crippen LogP contribution < -0.4 is 10.5 Å². The molecule has 0 saturated heterocycles. The Balaban J connectivity index is 2.84. The van der Waals surface area contributed by atoms with Crippen LogP contribution in [-0.2, 0) is 14.8 Å². The number of primary sulfonamides is 1. The van der Waals surface area contributed by atoms with Gasteiger partial charge in [0, 0.05) is 30.3 Å². The molecule has 0 saturated carbocycles. The molecule has 6 nitrogen and oxygen atoms in total. The number of ether oxygens (including phenoxy) is 1. The minimum Gasteiger partial charge on any atom is -0.385 e. The van der Waals surface area contributed by atoms with E-state index in [-0.39, 0.29) is 16.4 Å². The first-order valence-electron chi connectivity index (χ1n) is 6.37. The van der Waals surface area contributed by atoms with Gasteiger partial charge in [0.05, 0.1) is 4.90 Å². The van der Waals surface area contributed by atoms with Crippen LogP contribution in [-0.4, -0.2) is 34.6 Å². The average molecular weight is 379 g/mol. The van der Waals surface area contributed by atoms with Crippen molar-refractivity contribution in [1.29, 1.82) is 0 Å². The van der Waals surface area contributed by atoms with E-state index in [9.17, 15) is 13.2 Å². The third-order valence-electron chi connectivity index (χ3n) is 2.93. The summed E-state index contributed by atoms with van der Waals surface area (Å²) in [6.07, 6.45) is 1.63. The van der Waals surface area contributed by atoms with Gasteiger partial charge in [0.15, 0.2) is 0 Å². The maximum absolute atomic E-state index is 12.0. The molecule has 1 rings (SSSR count). The zero-order valence-electron chi connectivity index (χ0n) is 12.0. The summed E-state index contributed by atoms with van der Waals surface area (Å²) < 4.78 is 28.5. The quantitative estimate of drug-likeness (QED) is 0.703. The van der Waals surface area contributed by atoms with Crippen LogP contribution in [0, 0.1) is 6.92 Å². The number of methoxy groups -OCH3 is 1. The number of amides is 1. The fraction of sp³-hybridized carbons (Fsp3) is 0.462. The predicted molar refractivity (Wildman–Crippen MR) is 83.7 cm³/mol. The van der Waals surface area contributed by atoms with Crippen LogP contribution in [0.25, 0.3) is 0 Å². The van der Waals surface area contributed by atoms with Gasteiger partial charge in [-0.25, -0.2) is 13.6 Å². The van der Waals surface area contributed by atoms with E-state index < -0.39 is 10.0 Å². The molecule has 8 heteroatoms. The molecule has 0 aliphatic rings. The fourth-order valence-electron chi connectivity index (χ4n) is 1.76. The van der Waals surface area contributed by atoms with Crippen LogP contribution in [0.4, 0.5) is 0 Å². The fourth-order valence-corrected chi connectivity index (χ4v) is 3.18. The second kappa shape index (κ2) is 7.88. The maximum Gasteiger partial charge on any atom is 0.251 e. The number of unbranched alkanes of at least 4 members (excludes halogenated alkanes) is 1. The Morgan fingerprint density at radius 1 is 1.38 bits per heavy atom. The summed E-state index contributed by atoms with van der Waals surface area (Å²) in [6.45, 7) is 2.76. The normalized spacial score (nSPS) is 11.4. The van der Waals surface area contributed by atoms with Crippen molar-refractivity contribution >= 4 is 31.9 Å². The van der Waals surface area contributed by atoms with E-state index in [4.69, 9.17) is 9.88 Å². The molecule has 21 heavy (non-hydrogen) atoms. The van der Waals surface area contributed by atoms with E-state index in [1.807, 2.05) is 0 Å². The second-order valence-corrected chi connectivity index (χ2v) is 6.97. The molecular weight excluding hydrogens is 360 g/mol. The number of sulfonamides is 1. The van der Waals surface area contributed by atoms with Crippen molar-refractivity contribution in [3.63, 3.8) is 0 Å². The van der Waals surface area contributed by atoms with Crippen LogP contribution in [0.5, 0.6) is 0 Å². The Bertz CT molecular complexity index is 617. The molecule has 0 heterocycles. The zero-order chi connectivity index (χ0) is 16.0. The topological polar surface area (TPSA) is 98.5 Å². The number of hydrogen-bond donors (Lipinski definition) is 2. The van der Waals surface area contributed by atoms with E-state index in [2.05, 4.69) is 21.2 Å². The van der Waals surface area contributed by atoms with Crippen molar-refractivity contribution in [3.8, 4) is 0 Å². The molecular formula is C13H19BrN2O4S. The third-order valence-corrected chi connectivity index (χ3v) is 4.79. The van der Waals surface area contributed by atoms with Crippen LogP contribution in [0.3, 0.4) is 0 Å². The van der Waals surface area contributed by atoms with Gasteiger partial charge in [-0.1, -0.05) is 15.9 Å². The Labute approximate surface area is 133 Å². The lowest BCUT2D eigenvalue weighted by Gasteiger charge is -2.10. The van der Waals surface area contributed by atoms with Gasteiger partial charge in [-0.2, -0.15) is 0 Å². The highest BCUT2D eigenvalue weighted by atomic mass is 79.9. The molecule has 0 aliphatic heterocycles. The van der Waals surface area contributed by atoms with Gasteiger partial charge in [-0.3, -0.25) is 4.79 Å². The highest BCUT2D eigenvalue weighted by molar-refractivity contribution is 9.10. The van der Waals surface area contributed by atoms with Crippen LogP contribution in [0.2, 0.25) is 0 Å². The predicted octanol–water partition coefficient (Wildman–Crippen LogP) is 1.56. The number of carbonyl (C=O) groups excluding carboxylic acids is 1. The molecule has 118 valence electrons. The summed E-state index contributed by atoms with van der Waals surface area (Å²) in [5.41, 5.74) is 0.734. The molecule has 0 atom stereocenters. The Morgan fingerprint density at radius 3 is 2.62 bits per heavy atom. The van der Waals surface area contributed by atoms with Gasteiger partial charge >= 0.3 is 0 Å². The smallest absolute Gasteiger partial charge is 0.251 e. The minimum absolute atomic E-state index is 0.0543. The second-order valence-electron chi connectivity index (χ2n) is 4.58. The van der Waals surface area contributed by atoms with Gasteiger partial charge in [-0.15, -0.1) is 0 Å². The lowest BCUT2D eigenvalue weighted by Crippen LogP contribution is -2.25. The highest BCUT2D eigenvalue weighted by Crippen LogP contribution is 2.25. The van der Waals surface area contributed by atoms with Gasteiger partial charge in [-0.05, 0) is 37.5 Å². The highest BCUT2D eigenvalue weighted by Gasteiger charge is 2.17. The van der Waals surface area contributed by atoms with E-state index >= 15 is 0 Å².